The molecule has 85 heavy (non-hydrogen) atoms. The van der Waals surface area contributed by atoms with Crippen molar-refractivity contribution >= 4 is 59.4 Å². The highest BCUT2D eigenvalue weighted by Crippen LogP contribution is 2.26. The van der Waals surface area contributed by atoms with Crippen molar-refractivity contribution in [3.05, 3.63) is 77.9 Å². The molecule has 0 radical (unpaired) electrons. The van der Waals surface area contributed by atoms with Gasteiger partial charge in [0.2, 0.25) is 41.4 Å². The van der Waals surface area contributed by atoms with Gasteiger partial charge in [-0.1, -0.05) is 83.5 Å². The number of cyclic esters (lactones) is 1. The number of likely N-dealkylation sites (N-methyl/N-ethyl adjacent to an activating group) is 1. The molecule has 26 nitrogen and oxygen atoms in total. The average Bonchev–Trinajstić information content (AvgIpc) is 3.08. The molecule has 3 heterocycles. The molecular formula is C59H87N9O17. The molecule has 0 unspecified atom stereocenters. The minimum Gasteiger partial charge on any atom is -0.487 e. The van der Waals surface area contributed by atoms with Gasteiger partial charge in [0.05, 0.1) is 18.1 Å². The standard InChI is InChI=1S/C59H87N9O17/c1-13-33(4)45-52(75)67-48-39-20-22-40(23-21-39)84-37(8)59(81,31-60-26-17-27-61-57(80)85-58(9,10)11)25-24-43(70)62-29-44(71)82-30-41(56(79)83-36(7)47(54(77)64-45)66-50(73)34(5)49(72)32(2)3)63-53(76)46(35(6)69)65-51(74)42(68(12)55(48)78)28-38-18-15-14-16-19-38/h14-16,18-25,32-37,41-42,45-49,60,69,72,81H,13,17,26-31H2,1-12H3,(H,61,80)(H,62,70)(H,63,76)(H,64,77)(H,65,74)(H,66,73)(H,67,75)/b25-24+/t33-,34+,35+,36+,37+,41-,42-,45+,46+,47-,48-,49+,59-/m0/s1. The predicted octanol–water partition coefficient (Wildman–Crippen LogP) is 0.110. The van der Waals surface area contributed by atoms with E-state index in [4.69, 9.17) is 18.9 Å². The fourth-order valence-corrected chi connectivity index (χ4v) is 8.95. The summed E-state index contributed by atoms with van der Waals surface area (Å²) in [5, 5.41) is 55.1. The van der Waals surface area contributed by atoms with Gasteiger partial charge < -0.3 is 81.7 Å². The van der Waals surface area contributed by atoms with Crippen LogP contribution in [-0.2, 0) is 63.8 Å². The van der Waals surface area contributed by atoms with E-state index in [0.717, 1.165) is 24.0 Å². The second-order valence-electron chi connectivity index (χ2n) is 22.9. The number of nitrogens with zero attached hydrogens (tertiary/aromatic N) is 1. The Hall–Kier alpha value is -7.68. The highest BCUT2D eigenvalue weighted by atomic mass is 16.6. The van der Waals surface area contributed by atoms with Crippen LogP contribution < -0.4 is 47.3 Å². The van der Waals surface area contributed by atoms with E-state index in [2.05, 4.69) is 42.5 Å². The van der Waals surface area contributed by atoms with Crippen molar-refractivity contribution in [3.63, 3.8) is 0 Å². The molecule has 2 aromatic rings. The van der Waals surface area contributed by atoms with Gasteiger partial charge in [-0.05, 0) is 95.7 Å². The lowest BCUT2D eigenvalue weighted by atomic mass is 9.93. The second-order valence-corrected chi connectivity index (χ2v) is 22.9. The number of rotatable bonds is 15. The average molecular weight is 1190 g/mol. The monoisotopic (exact) mass is 1190 g/mol. The van der Waals surface area contributed by atoms with Crippen LogP contribution in [0.2, 0.25) is 0 Å². The zero-order valence-electron chi connectivity index (χ0n) is 50.5. The smallest absolute Gasteiger partial charge is 0.407 e. The van der Waals surface area contributed by atoms with E-state index in [1.807, 2.05) is 0 Å². The topological polar surface area (TPSA) is 368 Å². The van der Waals surface area contributed by atoms with Crippen LogP contribution in [0.4, 0.5) is 4.79 Å². The van der Waals surface area contributed by atoms with E-state index in [1.54, 1.807) is 78.8 Å². The molecule has 3 aliphatic rings. The third kappa shape index (κ3) is 21.1. The molecule has 470 valence electrons. The third-order valence-electron chi connectivity index (χ3n) is 14.5. The number of amides is 8. The van der Waals surface area contributed by atoms with Crippen LogP contribution >= 0.6 is 0 Å². The third-order valence-corrected chi connectivity index (χ3v) is 14.5. The number of hydrogen-bond acceptors (Lipinski definition) is 18. The number of aliphatic hydroxyl groups excluding tert-OH is 2. The minimum absolute atomic E-state index is 0.121. The number of esters is 2. The quantitative estimate of drug-likeness (QED) is 0.0640. The SMILES string of the molecule is CC[C@H](C)[C@H]1NC(=O)[C@@H](NC(=O)[C@H](C)[C@H](O)C(C)C)[C@@H](C)OC(=O)[C@@H]2COC(=O)CNC(=O)/C=C/[C@](O)(CNCCCNC(=O)OC(C)(C)C)[C@@H](C)Oc3ccc(cc3)[C@H](NC1=O)C(=O)N(C)[C@@H](Cc1ccccc1)C(=O)N[C@H]([C@@H](C)O)C(=O)N2. The first-order valence-electron chi connectivity index (χ1n) is 28.5. The molecule has 0 saturated carbocycles. The first-order valence-corrected chi connectivity index (χ1v) is 28.5. The molecule has 0 aromatic heterocycles. The lowest BCUT2D eigenvalue weighted by Crippen LogP contribution is -2.61. The molecular weight excluding hydrogens is 1110 g/mol. The maximum atomic E-state index is 15.3. The number of fused-ring (bicyclic) bond motifs is 11. The first kappa shape index (κ1) is 69.8. The summed E-state index contributed by atoms with van der Waals surface area (Å²) in [7, 11) is 1.29. The molecule has 13 atom stereocenters. The Labute approximate surface area is 496 Å². The number of benzene rings is 2. The molecule has 2 aromatic carbocycles. The second kappa shape index (κ2) is 32.0. The summed E-state index contributed by atoms with van der Waals surface area (Å²) in [5.74, 6) is -11.5. The van der Waals surface area contributed by atoms with Crippen molar-refractivity contribution in [2.75, 3.05) is 39.8 Å². The Kier molecular flexibility index (Phi) is 26.3. The van der Waals surface area contributed by atoms with Gasteiger partial charge in [-0.15, -0.1) is 0 Å². The number of carbonyl (C=O) groups excluding carboxylic acids is 10. The summed E-state index contributed by atoms with van der Waals surface area (Å²) in [4.78, 5) is 142. The van der Waals surface area contributed by atoms with Crippen molar-refractivity contribution in [2.45, 2.75) is 167 Å². The lowest BCUT2D eigenvalue weighted by molar-refractivity contribution is -0.160. The fraction of sp³-hybridized carbons (Fsp3) is 0.593. The van der Waals surface area contributed by atoms with Crippen LogP contribution in [0.5, 0.6) is 5.75 Å². The zero-order chi connectivity index (χ0) is 63.5. The Balaban J connectivity index is 1.96. The van der Waals surface area contributed by atoms with Gasteiger partial charge in [0.1, 0.15) is 72.5 Å². The van der Waals surface area contributed by atoms with Crippen molar-refractivity contribution in [3.8, 4) is 5.75 Å². The number of ether oxygens (including phenoxy) is 4. The molecule has 1 fully saturated rings. The first-order chi connectivity index (χ1) is 39.9. The molecule has 26 heteroatoms. The maximum Gasteiger partial charge on any atom is 0.407 e. The van der Waals surface area contributed by atoms with Crippen LogP contribution in [-0.4, -0.2) is 185 Å². The highest BCUT2D eigenvalue weighted by Gasteiger charge is 2.42. The van der Waals surface area contributed by atoms with Crippen molar-refractivity contribution in [1.82, 2.24) is 47.4 Å². The molecule has 5 rings (SSSR count). The van der Waals surface area contributed by atoms with Gasteiger partial charge >= 0.3 is 18.0 Å². The van der Waals surface area contributed by atoms with Gasteiger partial charge in [-0.2, -0.15) is 0 Å². The summed E-state index contributed by atoms with van der Waals surface area (Å²) >= 11 is 0. The predicted molar refractivity (Wildman–Crippen MR) is 308 cm³/mol. The van der Waals surface area contributed by atoms with E-state index in [0.29, 0.717) is 12.0 Å². The van der Waals surface area contributed by atoms with E-state index < -0.39 is 162 Å². The number of aliphatic hydroxyl groups is 3. The Bertz CT molecular complexity index is 2670. The fourth-order valence-electron chi connectivity index (χ4n) is 8.95. The summed E-state index contributed by atoms with van der Waals surface area (Å²) in [6.45, 7) is 15.6. The Morgan fingerprint density at radius 3 is 2.07 bits per heavy atom. The van der Waals surface area contributed by atoms with E-state index in [9.17, 15) is 58.5 Å². The molecule has 11 N–H and O–H groups in total. The van der Waals surface area contributed by atoms with Gasteiger partial charge in [-0.3, -0.25) is 38.4 Å². The van der Waals surface area contributed by atoms with Crippen molar-refractivity contribution in [2.24, 2.45) is 17.8 Å². The molecule has 3 aliphatic heterocycles. The Morgan fingerprint density at radius 1 is 0.824 bits per heavy atom. The van der Waals surface area contributed by atoms with Crippen LogP contribution in [0, 0.1) is 17.8 Å². The number of carbonyl (C=O) groups is 10. The molecule has 1 saturated heterocycles. The summed E-state index contributed by atoms with van der Waals surface area (Å²) < 4.78 is 22.7. The van der Waals surface area contributed by atoms with Crippen LogP contribution in [0.1, 0.15) is 106 Å². The zero-order valence-corrected chi connectivity index (χ0v) is 50.5. The van der Waals surface area contributed by atoms with Gasteiger partial charge in [0.15, 0.2) is 6.04 Å². The van der Waals surface area contributed by atoms with Crippen molar-refractivity contribution in [1.29, 1.82) is 0 Å². The normalized spacial score (nSPS) is 26.4. The van der Waals surface area contributed by atoms with Crippen LogP contribution in [0.3, 0.4) is 0 Å². The van der Waals surface area contributed by atoms with Gasteiger partial charge in [0, 0.05) is 32.6 Å². The summed E-state index contributed by atoms with van der Waals surface area (Å²) in [5.41, 5.74) is -2.03. The molecule has 0 aliphatic carbocycles. The minimum atomic E-state index is -2.00. The highest BCUT2D eigenvalue weighted by molar-refractivity contribution is 5.98. The molecule has 0 spiro atoms. The van der Waals surface area contributed by atoms with Crippen LogP contribution in [0.25, 0.3) is 0 Å². The maximum absolute atomic E-state index is 15.3. The lowest BCUT2D eigenvalue weighted by Gasteiger charge is -2.34. The van der Waals surface area contributed by atoms with Gasteiger partial charge in [0.25, 0.3) is 0 Å². The van der Waals surface area contributed by atoms with Gasteiger partial charge in [-0.25, -0.2) is 9.59 Å². The summed E-state index contributed by atoms with van der Waals surface area (Å²) in [6.07, 6.45) is -3.82. The molecule has 8 amide bonds. The molecule has 4 bridgehead atoms. The number of hydrogen-bond donors (Lipinski definition) is 11. The number of nitrogens with one attached hydrogen (secondary N) is 8. The largest absolute Gasteiger partial charge is 0.487 e. The summed E-state index contributed by atoms with van der Waals surface area (Å²) in [6, 6.07) is 3.90. The van der Waals surface area contributed by atoms with Crippen LogP contribution in [0.15, 0.2) is 66.7 Å². The van der Waals surface area contributed by atoms with E-state index in [-0.39, 0.29) is 43.8 Å². The van der Waals surface area contributed by atoms with E-state index in [1.165, 1.54) is 52.1 Å². The number of alkyl carbamates (subject to hydrolysis) is 1. The Morgan fingerprint density at radius 2 is 1.46 bits per heavy atom. The van der Waals surface area contributed by atoms with E-state index >= 15 is 4.79 Å². The van der Waals surface area contributed by atoms with Crippen molar-refractivity contribution < 1.29 is 82.2 Å².